The van der Waals surface area contributed by atoms with E-state index in [1.165, 1.54) is 0 Å². The average molecular weight is 431 g/mol. The van der Waals surface area contributed by atoms with Crippen molar-refractivity contribution in [2.45, 2.75) is 36.2 Å². The van der Waals surface area contributed by atoms with Gasteiger partial charge in [0.05, 0.1) is 24.8 Å². The number of hydrogen-bond acceptors (Lipinski definition) is 6. The maximum Gasteiger partial charge on any atom is 0.410 e. The van der Waals surface area contributed by atoms with Crippen LogP contribution in [0, 0.1) is 0 Å². The minimum Gasteiger partial charge on any atom is -0.497 e. The zero-order chi connectivity index (χ0) is 21.7. The predicted molar refractivity (Wildman–Crippen MR) is 120 cm³/mol. The van der Waals surface area contributed by atoms with Crippen molar-refractivity contribution < 1.29 is 19.0 Å². The van der Waals surface area contributed by atoms with Gasteiger partial charge in [0.2, 0.25) is 0 Å². The highest BCUT2D eigenvalue weighted by molar-refractivity contribution is 7.99. The Morgan fingerprint density at radius 1 is 0.933 bits per heavy atom. The predicted octanol–water partition coefficient (Wildman–Crippen LogP) is 4.91. The van der Waals surface area contributed by atoms with Gasteiger partial charge in [-0.25, -0.2) is 4.79 Å². The third-order valence-electron chi connectivity index (χ3n) is 4.73. The molecule has 1 saturated heterocycles. The van der Waals surface area contributed by atoms with Crippen molar-refractivity contribution in [2.75, 3.05) is 45.3 Å². The average Bonchev–Trinajstić information content (AvgIpc) is 2.73. The van der Waals surface area contributed by atoms with Gasteiger partial charge < -0.3 is 24.0 Å². The molecule has 1 aliphatic rings. The van der Waals surface area contributed by atoms with Crippen LogP contribution in [-0.4, -0.2) is 57.0 Å². The maximum absolute atomic E-state index is 12.3. The molecule has 0 atom stereocenters. The Morgan fingerprint density at radius 3 is 2.27 bits per heavy atom. The van der Waals surface area contributed by atoms with E-state index < -0.39 is 5.60 Å². The van der Waals surface area contributed by atoms with E-state index in [2.05, 4.69) is 17.0 Å². The summed E-state index contributed by atoms with van der Waals surface area (Å²) >= 11 is 1.67. The number of methoxy groups -OCH3 is 2. The number of carbonyl (C=O) groups excluding carboxylic acids is 1. The largest absolute Gasteiger partial charge is 0.497 e. The fourth-order valence-electron chi connectivity index (χ4n) is 3.24. The normalized spacial score (nSPS) is 14.4. The molecule has 7 heteroatoms. The highest BCUT2D eigenvalue weighted by atomic mass is 32.2. The number of para-hydroxylation sites is 1. The Kier molecular flexibility index (Phi) is 7.02. The summed E-state index contributed by atoms with van der Waals surface area (Å²) in [5.74, 6) is 1.55. The molecule has 0 N–H and O–H groups in total. The Labute approximate surface area is 183 Å². The standard InChI is InChI=1S/C23H30N2O4S/c1-23(2,3)29-22(26)25-14-12-24(13-15-25)18-8-6-7-9-20(18)30-21-11-10-17(27-4)16-19(21)28-5/h6-11,16H,12-15H2,1-5H3. The lowest BCUT2D eigenvalue weighted by Crippen LogP contribution is -2.50. The van der Waals surface area contributed by atoms with E-state index in [1.54, 1.807) is 30.9 Å². The molecule has 0 aromatic heterocycles. The number of amides is 1. The van der Waals surface area contributed by atoms with Gasteiger partial charge in [-0.3, -0.25) is 0 Å². The third-order valence-corrected chi connectivity index (χ3v) is 5.85. The summed E-state index contributed by atoms with van der Waals surface area (Å²) in [5.41, 5.74) is 0.679. The van der Waals surface area contributed by atoms with Crippen LogP contribution in [0.2, 0.25) is 0 Å². The SMILES string of the molecule is COc1ccc(Sc2ccccc2N2CCN(C(=O)OC(C)(C)C)CC2)c(OC)c1. The van der Waals surface area contributed by atoms with E-state index in [9.17, 15) is 4.79 Å². The van der Waals surface area contributed by atoms with Crippen LogP contribution in [-0.2, 0) is 4.74 Å². The summed E-state index contributed by atoms with van der Waals surface area (Å²) in [6, 6.07) is 14.2. The maximum atomic E-state index is 12.3. The molecule has 162 valence electrons. The van der Waals surface area contributed by atoms with Crippen molar-refractivity contribution in [3.63, 3.8) is 0 Å². The highest BCUT2D eigenvalue weighted by Crippen LogP contribution is 2.41. The summed E-state index contributed by atoms with van der Waals surface area (Å²) in [6.07, 6.45) is -0.243. The lowest BCUT2D eigenvalue weighted by atomic mass is 10.2. The first-order chi connectivity index (χ1) is 14.3. The minimum atomic E-state index is -0.477. The second kappa shape index (κ2) is 9.51. The van der Waals surface area contributed by atoms with Crippen molar-refractivity contribution in [3.05, 3.63) is 42.5 Å². The monoisotopic (exact) mass is 430 g/mol. The lowest BCUT2D eigenvalue weighted by molar-refractivity contribution is 0.0240. The van der Waals surface area contributed by atoms with E-state index in [4.69, 9.17) is 14.2 Å². The second-order valence-corrected chi connectivity index (χ2v) is 9.12. The smallest absolute Gasteiger partial charge is 0.410 e. The molecule has 0 saturated carbocycles. The Balaban J connectivity index is 1.72. The molecular formula is C23H30N2O4S. The molecule has 2 aromatic carbocycles. The molecule has 0 unspecified atom stereocenters. The van der Waals surface area contributed by atoms with Gasteiger partial charge in [-0.15, -0.1) is 0 Å². The summed E-state index contributed by atoms with van der Waals surface area (Å²) < 4.78 is 16.4. The van der Waals surface area contributed by atoms with Crippen molar-refractivity contribution in [2.24, 2.45) is 0 Å². The van der Waals surface area contributed by atoms with Crippen LogP contribution < -0.4 is 14.4 Å². The van der Waals surface area contributed by atoms with Gasteiger partial charge in [-0.2, -0.15) is 0 Å². The molecule has 0 bridgehead atoms. The van der Waals surface area contributed by atoms with Crippen LogP contribution in [0.3, 0.4) is 0 Å². The first kappa shape index (κ1) is 22.2. The number of hydrogen-bond donors (Lipinski definition) is 0. The number of anilines is 1. The van der Waals surface area contributed by atoms with E-state index in [0.29, 0.717) is 13.1 Å². The first-order valence-electron chi connectivity index (χ1n) is 10.0. The summed E-state index contributed by atoms with van der Waals surface area (Å²) in [6.45, 7) is 8.47. The number of benzene rings is 2. The highest BCUT2D eigenvalue weighted by Gasteiger charge is 2.26. The van der Waals surface area contributed by atoms with Gasteiger partial charge in [-0.05, 0) is 45.0 Å². The van der Waals surface area contributed by atoms with E-state index in [0.717, 1.165) is 40.1 Å². The van der Waals surface area contributed by atoms with Crippen molar-refractivity contribution in [3.8, 4) is 11.5 Å². The zero-order valence-electron chi connectivity index (χ0n) is 18.3. The van der Waals surface area contributed by atoms with Crippen molar-refractivity contribution in [1.29, 1.82) is 0 Å². The van der Waals surface area contributed by atoms with Gasteiger partial charge in [0, 0.05) is 37.1 Å². The number of nitrogens with zero attached hydrogens (tertiary/aromatic N) is 2. The van der Waals surface area contributed by atoms with Gasteiger partial charge in [0.15, 0.2) is 0 Å². The third kappa shape index (κ3) is 5.53. The molecule has 0 radical (unpaired) electrons. The minimum absolute atomic E-state index is 0.243. The van der Waals surface area contributed by atoms with Crippen LogP contribution in [0.15, 0.2) is 52.3 Å². The molecule has 0 spiro atoms. The second-order valence-electron chi connectivity index (χ2n) is 8.04. The Morgan fingerprint density at radius 2 is 1.63 bits per heavy atom. The van der Waals surface area contributed by atoms with Crippen molar-refractivity contribution in [1.82, 2.24) is 4.90 Å². The summed E-state index contributed by atoms with van der Waals surface area (Å²) in [4.78, 5) is 18.6. The topological polar surface area (TPSA) is 51.2 Å². The summed E-state index contributed by atoms with van der Waals surface area (Å²) in [7, 11) is 3.31. The quantitative estimate of drug-likeness (QED) is 0.672. The van der Waals surface area contributed by atoms with Crippen LogP contribution in [0.4, 0.5) is 10.5 Å². The number of carbonyl (C=O) groups is 1. The van der Waals surface area contributed by atoms with Crippen LogP contribution in [0.1, 0.15) is 20.8 Å². The van der Waals surface area contributed by atoms with Crippen molar-refractivity contribution >= 4 is 23.5 Å². The summed E-state index contributed by atoms with van der Waals surface area (Å²) in [5, 5.41) is 0. The number of piperazine rings is 1. The van der Waals surface area contributed by atoms with Crippen LogP contribution in [0.25, 0.3) is 0 Å². The Hall–Kier alpha value is -2.54. The molecule has 1 fully saturated rings. The van der Waals surface area contributed by atoms with Gasteiger partial charge >= 0.3 is 6.09 Å². The van der Waals surface area contributed by atoms with Crippen LogP contribution >= 0.6 is 11.8 Å². The number of rotatable bonds is 5. The molecular weight excluding hydrogens is 400 g/mol. The fraction of sp³-hybridized carbons (Fsp3) is 0.435. The zero-order valence-corrected chi connectivity index (χ0v) is 19.1. The molecule has 30 heavy (non-hydrogen) atoms. The van der Waals surface area contributed by atoms with E-state index in [-0.39, 0.29) is 6.09 Å². The first-order valence-corrected chi connectivity index (χ1v) is 10.8. The van der Waals surface area contributed by atoms with Gasteiger partial charge in [0.1, 0.15) is 17.1 Å². The fourth-order valence-corrected chi connectivity index (χ4v) is 4.30. The van der Waals surface area contributed by atoms with E-state index in [1.807, 2.05) is 51.1 Å². The van der Waals surface area contributed by atoms with Gasteiger partial charge in [-0.1, -0.05) is 23.9 Å². The van der Waals surface area contributed by atoms with Crippen LogP contribution in [0.5, 0.6) is 11.5 Å². The number of ether oxygens (including phenoxy) is 3. The molecule has 1 aliphatic heterocycles. The lowest BCUT2D eigenvalue weighted by Gasteiger charge is -2.37. The molecule has 3 rings (SSSR count). The van der Waals surface area contributed by atoms with E-state index >= 15 is 0 Å². The molecule has 2 aromatic rings. The van der Waals surface area contributed by atoms with Gasteiger partial charge in [0.25, 0.3) is 0 Å². The Bertz CT molecular complexity index is 874. The molecule has 0 aliphatic carbocycles. The molecule has 1 heterocycles. The molecule has 6 nitrogen and oxygen atoms in total. The molecule has 1 amide bonds.